The Balaban J connectivity index is 0.000000980. The van der Waals surface area contributed by atoms with Crippen molar-refractivity contribution in [2.24, 2.45) is 0 Å². The fraction of sp³-hybridized carbons (Fsp3) is 0. The number of carboxylic acid groups (broad SMARTS) is 1. The van der Waals surface area contributed by atoms with E-state index < -0.39 is 30.1 Å². The molecule has 0 atom stereocenters. The molecule has 0 spiro atoms. The summed E-state index contributed by atoms with van der Waals surface area (Å²) in [5.41, 5.74) is 0.00273. The Bertz CT molecular complexity index is 377. The van der Waals surface area contributed by atoms with Crippen LogP contribution in [0.2, 0.25) is 0 Å². The van der Waals surface area contributed by atoms with Crippen molar-refractivity contribution in [1.29, 1.82) is 0 Å². The monoisotopic (exact) mass is 395 g/mol. The molecule has 1 aromatic carbocycles. The van der Waals surface area contributed by atoms with E-state index in [1.807, 2.05) is 0 Å². The normalized spacial score (nSPS) is 12.0. The molecule has 0 amide bonds. The van der Waals surface area contributed by atoms with Crippen LogP contribution in [0.5, 0.6) is 17.2 Å². The second-order valence-electron chi connectivity index (χ2n) is 2.38. The van der Waals surface area contributed by atoms with Crippen molar-refractivity contribution in [2.75, 3.05) is 0 Å². The van der Waals surface area contributed by atoms with Gasteiger partial charge in [0.05, 0.1) is 0 Å². The number of phenolic OH excluding ortho intramolecular Hbond substituents is 1. The summed E-state index contributed by atoms with van der Waals surface area (Å²) < 4.78 is 10.2. The number of carbonyl (C=O) groups is 1. The van der Waals surface area contributed by atoms with E-state index in [9.17, 15) is 9.90 Å². The minimum absolute atomic E-state index is 0. The number of rotatable bonds is 1. The SMILES string of the molecule is O.O=C(O)c1cc(O)c2c(c1)[O][Bi][O]2. The van der Waals surface area contributed by atoms with E-state index >= 15 is 0 Å². The van der Waals surface area contributed by atoms with Crippen LogP contribution in [0, 0.1) is 0 Å². The molecule has 1 heterocycles. The van der Waals surface area contributed by atoms with E-state index in [4.69, 9.17) is 10.7 Å². The Morgan fingerprint density at radius 2 is 2.07 bits per heavy atom. The topological polar surface area (TPSA) is 107 Å². The third kappa shape index (κ3) is 1.74. The standard InChI is InChI=1S/C7H6O5.Bi.H2O/c8-4-1-3(7(11)12)2-5(9)6(4)10;;/h1-2,8-10H,(H,11,12);;1H2/q;+2;/p-2. The van der Waals surface area contributed by atoms with E-state index in [1.165, 1.54) is 6.07 Å². The van der Waals surface area contributed by atoms with Gasteiger partial charge in [0.15, 0.2) is 0 Å². The predicted octanol–water partition coefficient (Wildman–Crippen LogP) is -0.429. The summed E-state index contributed by atoms with van der Waals surface area (Å²) in [6.07, 6.45) is 0. The summed E-state index contributed by atoms with van der Waals surface area (Å²) >= 11 is -1.46. The van der Waals surface area contributed by atoms with Gasteiger partial charge in [-0.3, -0.25) is 0 Å². The molecule has 0 aromatic heterocycles. The number of carboxylic acids is 1. The molecule has 4 N–H and O–H groups in total. The van der Waals surface area contributed by atoms with Gasteiger partial charge in [0.1, 0.15) is 0 Å². The van der Waals surface area contributed by atoms with Crippen LogP contribution in [-0.4, -0.2) is 45.8 Å². The quantitative estimate of drug-likeness (QED) is 0.628. The number of aromatic hydroxyl groups is 1. The molecule has 1 aliphatic rings. The first-order chi connectivity index (χ1) is 6.18. The summed E-state index contributed by atoms with van der Waals surface area (Å²) in [5.74, 6) is -0.646. The van der Waals surface area contributed by atoms with Crippen molar-refractivity contribution in [3.05, 3.63) is 17.7 Å². The number of fused-ring (bicyclic) bond motifs is 1. The molecule has 75 valence electrons. The zero-order valence-corrected chi connectivity index (χ0v) is 10.2. The van der Waals surface area contributed by atoms with Gasteiger partial charge in [-0.05, 0) is 0 Å². The molecule has 0 saturated heterocycles. The maximum atomic E-state index is 10.6. The van der Waals surface area contributed by atoms with Gasteiger partial charge in [-0.25, -0.2) is 0 Å². The van der Waals surface area contributed by atoms with Crippen LogP contribution in [0.25, 0.3) is 0 Å². The summed E-state index contributed by atoms with van der Waals surface area (Å²) in [6, 6.07) is 2.50. The fourth-order valence-electron chi connectivity index (χ4n) is 0.967. The van der Waals surface area contributed by atoms with Gasteiger partial charge in [-0.1, -0.05) is 0 Å². The molecule has 0 bridgehead atoms. The van der Waals surface area contributed by atoms with Crippen LogP contribution < -0.4 is 5.63 Å². The third-order valence-electron chi connectivity index (χ3n) is 1.55. The van der Waals surface area contributed by atoms with Gasteiger partial charge >= 0.3 is 85.7 Å². The zero-order chi connectivity index (χ0) is 9.42. The molecule has 0 aliphatic carbocycles. The van der Waals surface area contributed by atoms with Gasteiger partial charge in [-0.2, -0.15) is 0 Å². The molecule has 1 radical (unpaired) electrons. The first-order valence-corrected chi connectivity index (χ1v) is 6.17. The second-order valence-corrected chi connectivity index (χ2v) is 4.38. The molecule has 14 heavy (non-hydrogen) atoms. The van der Waals surface area contributed by atoms with Crippen LogP contribution >= 0.6 is 0 Å². The Labute approximate surface area is 91.2 Å². The van der Waals surface area contributed by atoms with Crippen LogP contribution in [0.1, 0.15) is 10.4 Å². The first-order valence-electron chi connectivity index (χ1n) is 3.33. The fourth-order valence-corrected chi connectivity index (χ4v) is 2.95. The van der Waals surface area contributed by atoms with E-state index in [0.29, 0.717) is 5.75 Å². The van der Waals surface area contributed by atoms with Crippen molar-refractivity contribution in [1.82, 2.24) is 0 Å². The van der Waals surface area contributed by atoms with Gasteiger partial charge in [0, 0.05) is 0 Å². The van der Waals surface area contributed by atoms with Crippen molar-refractivity contribution in [2.45, 2.75) is 0 Å². The van der Waals surface area contributed by atoms with Gasteiger partial charge in [0.2, 0.25) is 0 Å². The van der Waals surface area contributed by atoms with Crippen LogP contribution in [0.15, 0.2) is 12.1 Å². The number of phenols is 1. The Kier molecular flexibility index (Phi) is 3.13. The summed E-state index contributed by atoms with van der Waals surface area (Å²) in [5, 5.41) is 18.0. The minimum atomic E-state index is -1.46. The average molecular weight is 395 g/mol. The Morgan fingerprint density at radius 1 is 1.36 bits per heavy atom. The summed E-state index contributed by atoms with van der Waals surface area (Å²) in [6.45, 7) is 0. The second kappa shape index (κ2) is 3.98. The summed E-state index contributed by atoms with van der Waals surface area (Å²) in [7, 11) is 0. The van der Waals surface area contributed by atoms with Crippen molar-refractivity contribution in [3.63, 3.8) is 0 Å². The molecule has 0 unspecified atom stereocenters. The van der Waals surface area contributed by atoms with Crippen molar-refractivity contribution in [3.8, 4) is 17.2 Å². The molecule has 0 fully saturated rings. The van der Waals surface area contributed by atoms with Gasteiger partial charge in [0.25, 0.3) is 0 Å². The zero-order valence-electron chi connectivity index (χ0n) is 6.72. The van der Waals surface area contributed by atoms with Crippen LogP contribution in [-0.2, 0) is 0 Å². The van der Waals surface area contributed by atoms with Gasteiger partial charge in [-0.15, -0.1) is 0 Å². The number of benzene rings is 1. The first kappa shape index (κ1) is 11.0. The van der Waals surface area contributed by atoms with E-state index in [0.717, 1.165) is 6.07 Å². The molecular weight excluding hydrogens is 389 g/mol. The molecule has 1 aromatic rings. The Morgan fingerprint density at radius 3 is 2.71 bits per heavy atom. The van der Waals surface area contributed by atoms with Crippen LogP contribution in [0.4, 0.5) is 0 Å². The Hall–Kier alpha value is -1.07. The van der Waals surface area contributed by atoms with E-state index in [-0.39, 0.29) is 22.5 Å². The van der Waals surface area contributed by atoms with E-state index in [1.54, 1.807) is 0 Å². The maximum absolute atomic E-state index is 10.6. The molecule has 6 nitrogen and oxygen atoms in total. The number of hydrogen-bond acceptors (Lipinski definition) is 4. The van der Waals surface area contributed by atoms with Crippen LogP contribution in [0.3, 0.4) is 0 Å². The number of aromatic carboxylic acids is 1. The molecule has 1 aliphatic heterocycles. The summed E-state index contributed by atoms with van der Waals surface area (Å²) in [4.78, 5) is 10.6. The van der Waals surface area contributed by atoms with Crippen molar-refractivity contribution < 1.29 is 26.1 Å². The number of hydrogen-bond donors (Lipinski definition) is 2. The van der Waals surface area contributed by atoms with E-state index in [2.05, 4.69) is 0 Å². The average Bonchev–Trinajstić information content (AvgIpc) is 2.51. The molecule has 7 heteroatoms. The molecule has 0 saturated carbocycles. The third-order valence-corrected chi connectivity index (χ3v) is 3.60. The molecular formula is C7H6BiO6. The van der Waals surface area contributed by atoms with Gasteiger partial charge < -0.3 is 5.48 Å². The molecule has 2 rings (SSSR count). The predicted molar refractivity (Wildman–Crippen MR) is 45.7 cm³/mol. The van der Waals surface area contributed by atoms with Crippen molar-refractivity contribution >= 4 is 30.1 Å².